The smallest absolute Gasteiger partial charge is 0.242 e. The Labute approximate surface area is 99.1 Å². The van der Waals surface area contributed by atoms with Crippen molar-refractivity contribution in [1.29, 1.82) is 0 Å². The largest absolute Gasteiger partial charge is 0.383 e. The average Bonchev–Trinajstić information content (AvgIpc) is 2.19. The predicted octanol–water partition coefficient (Wildman–Crippen LogP) is 1.39. The summed E-state index contributed by atoms with van der Waals surface area (Å²) in [6, 6.07) is 0.0715. The fraction of sp³-hybridized carbons (Fsp3) is 0.917. The maximum absolute atomic E-state index is 12.2. The molecule has 4 nitrogen and oxygen atoms in total. The van der Waals surface area contributed by atoms with E-state index in [-0.39, 0.29) is 11.9 Å². The number of rotatable bonds is 7. The molecule has 0 aromatic carbocycles. The molecule has 96 valence electrons. The molecular formula is C12H26N2O2. The fourth-order valence-corrected chi connectivity index (χ4v) is 1.94. The van der Waals surface area contributed by atoms with Crippen LogP contribution in [0.15, 0.2) is 0 Å². The zero-order chi connectivity index (χ0) is 12.8. The lowest BCUT2D eigenvalue weighted by atomic mass is 9.95. The van der Waals surface area contributed by atoms with Crippen LogP contribution in [0.5, 0.6) is 0 Å². The molecule has 0 aliphatic heterocycles. The minimum Gasteiger partial charge on any atom is -0.383 e. The van der Waals surface area contributed by atoms with E-state index in [1.807, 2.05) is 20.8 Å². The van der Waals surface area contributed by atoms with Gasteiger partial charge in [0.1, 0.15) is 0 Å². The molecule has 0 aliphatic carbocycles. The monoisotopic (exact) mass is 230 g/mol. The molecule has 0 saturated heterocycles. The van der Waals surface area contributed by atoms with Gasteiger partial charge in [0.05, 0.1) is 18.2 Å². The van der Waals surface area contributed by atoms with E-state index in [1.54, 1.807) is 18.9 Å². The van der Waals surface area contributed by atoms with Crippen LogP contribution in [0.1, 0.15) is 40.5 Å². The van der Waals surface area contributed by atoms with Crippen LogP contribution < -0.4 is 5.73 Å². The first-order valence-corrected chi connectivity index (χ1v) is 5.99. The summed E-state index contributed by atoms with van der Waals surface area (Å²) in [4.78, 5) is 14.0. The van der Waals surface area contributed by atoms with Gasteiger partial charge in [0.2, 0.25) is 5.91 Å². The van der Waals surface area contributed by atoms with E-state index in [1.165, 1.54) is 0 Å². The number of nitrogens with zero attached hydrogens (tertiary/aromatic N) is 1. The van der Waals surface area contributed by atoms with Crippen LogP contribution in [-0.2, 0) is 9.53 Å². The zero-order valence-corrected chi connectivity index (χ0v) is 11.2. The first-order valence-electron chi connectivity index (χ1n) is 5.99. The summed E-state index contributed by atoms with van der Waals surface area (Å²) in [5, 5.41) is 0. The van der Waals surface area contributed by atoms with Crippen molar-refractivity contribution in [1.82, 2.24) is 4.90 Å². The lowest BCUT2D eigenvalue weighted by molar-refractivity contribution is -0.139. The summed E-state index contributed by atoms with van der Waals surface area (Å²) < 4.78 is 5.07. The predicted molar refractivity (Wildman–Crippen MR) is 66.2 cm³/mol. The third-order valence-corrected chi connectivity index (χ3v) is 2.80. The highest BCUT2D eigenvalue weighted by Crippen LogP contribution is 2.14. The maximum atomic E-state index is 12.2. The van der Waals surface area contributed by atoms with Crippen molar-refractivity contribution in [2.45, 2.75) is 52.1 Å². The van der Waals surface area contributed by atoms with Crippen molar-refractivity contribution < 1.29 is 9.53 Å². The third-order valence-electron chi connectivity index (χ3n) is 2.80. The number of amides is 1. The van der Waals surface area contributed by atoms with Crippen molar-refractivity contribution in [2.24, 2.45) is 5.73 Å². The lowest BCUT2D eigenvalue weighted by Gasteiger charge is -2.34. The molecule has 0 spiro atoms. The van der Waals surface area contributed by atoms with Gasteiger partial charge < -0.3 is 15.4 Å². The van der Waals surface area contributed by atoms with Crippen LogP contribution >= 0.6 is 0 Å². The number of carbonyl (C=O) groups excluding carboxylic acids is 1. The second-order valence-corrected chi connectivity index (χ2v) is 4.56. The van der Waals surface area contributed by atoms with E-state index in [0.29, 0.717) is 19.6 Å². The number of carbonyl (C=O) groups is 1. The average molecular weight is 230 g/mol. The molecule has 0 aromatic rings. The molecule has 16 heavy (non-hydrogen) atoms. The molecule has 0 aliphatic rings. The molecule has 0 rings (SSSR count). The van der Waals surface area contributed by atoms with Gasteiger partial charge >= 0.3 is 0 Å². The molecule has 4 heteroatoms. The Kier molecular flexibility index (Phi) is 6.60. The first kappa shape index (κ1) is 15.4. The quantitative estimate of drug-likeness (QED) is 0.719. The van der Waals surface area contributed by atoms with Crippen LogP contribution in [0.2, 0.25) is 0 Å². The molecule has 0 heterocycles. The second kappa shape index (κ2) is 6.86. The highest BCUT2D eigenvalue weighted by Gasteiger charge is 2.33. The van der Waals surface area contributed by atoms with Crippen molar-refractivity contribution in [3.63, 3.8) is 0 Å². The Hall–Kier alpha value is -0.610. The maximum Gasteiger partial charge on any atom is 0.242 e. The van der Waals surface area contributed by atoms with Gasteiger partial charge in [0, 0.05) is 13.7 Å². The van der Waals surface area contributed by atoms with Gasteiger partial charge in [-0.25, -0.2) is 0 Å². The SMILES string of the molecule is CCCC(C)(N)C(=O)N(CC)C(C)COC. The molecule has 0 fully saturated rings. The summed E-state index contributed by atoms with van der Waals surface area (Å²) in [6.45, 7) is 8.99. The summed E-state index contributed by atoms with van der Waals surface area (Å²) in [5.41, 5.74) is 5.29. The summed E-state index contributed by atoms with van der Waals surface area (Å²) in [7, 11) is 1.64. The minimum absolute atomic E-state index is 0.0152. The van der Waals surface area contributed by atoms with Crippen LogP contribution in [-0.4, -0.2) is 42.6 Å². The fourth-order valence-electron chi connectivity index (χ4n) is 1.94. The van der Waals surface area contributed by atoms with E-state index in [9.17, 15) is 4.79 Å². The molecule has 2 unspecified atom stereocenters. The molecule has 2 atom stereocenters. The van der Waals surface area contributed by atoms with Gasteiger partial charge in [-0.15, -0.1) is 0 Å². The Morgan fingerprint density at radius 1 is 1.50 bits per heavy atom. The van der Waals surface area contributed by atoms with Crippen LogP contribution in [0.25, 0.3) is 0 Å². The Bertz CT molecular complexity index is 217. The summed E-state index contributed by atoms with van der Waals surface area (Å²) >= 11 is 0. The number of nitrogens with two attached hydrogens (primary N) is 1. The Morgan fingerprint density at radius 3 is 2.44 bits per heavy atom. The molecule has 2 N–H and O–H groups in total. The summed E-state index contributed by atoms with van der Waals surface area (Å²) in [5.74, 6) is 0.0152. The second-order valence-electron chi connectivity index (χ2n) is 4.56. The first-order chi connectivity index (χ1) is 7.40. The van der Waals surface area contributed by atoms with Crippen molar-refractivity contribution in [3.8, 4) is 0 Å². The van der Waals surface area contributed by atoms with Crippen molar-refractivity contribution in [3.05, 3.63) is 0 Å². The Morgan fingerprint density at radius 2 is 2.06 bits per heavy atom. The van der Waals surface area contributed by atoms with Gasteiger partial charge in [-0.2, -0.15) is 0 Å². The number of likely N-dealkylation sites (N-methyl/N-ethyl adjacent to an activating group) is 1. The van der Waals surface area contributed by atoms with Crippen LogP contribution in [0.4, 0.5) is 0 Å². The van der Waals surface area contributed by atoms with Gasteiger partial charge in [0.15, 0.2) is 0 Å². The highest BCUT2D eigenvalue weighted by atomic mass is 16.5. The molecule has 0 radical (unpaired) electrons. The molecular weight excluding hydrogens is 204 g/mol. The lowest BCUT2D eigenvalue weighted by Crippen LogP contribution is -2.56. The van der Waals surface area contributed by atoms with Gasteiger partial charge in [-0.05, 0) is 27.2 Å². The van der Waals surface area contributed by atoms with E-state index < -0.39 is 5.54 Å². The number of hydrogen-bond acceptors (Lipinski definition) is 3. The molecule has 0 saturated carbocycles. The molecule has 1 amide bonds. The number of hydrogen-bond donors (Lipinski definition) is 1. The third kappa shape index (κ3) is 4.10. The van der Waals surface area contributed by atoms with E-state index in [0.717, 1.165) is 6.42 Å². The van der Waals surface area contributed by atoms with E-state index in [4.69, 9.17) is 10.5 Å². The van der Waals surface area contributed by atoms with Crippen LogP contribution in [0, 0.1) is 0 Å². The number of ether oxygens (including phenoxy) is 1. The van der Waals surface area contributed by atoms with Gasteiger partial charge in [-0.3, -0.25) is 4.79 Å². The van der Waals surface area contributed by atoms with Crippen LogP contribution in [0.3, 0.4) is 0 Å². The standard InChI is InChI=1S/C12H26N2O2/c1-6-8-12(4,13)11(15)14(7-2)10(3)9-16-5/h10H,6-9,13H2,1-5H3. The van der Waals surface area contributed by atoms with E-state index >= 15 is 0 Å². The van der Waals surface area contributed by atoms with Gasteiger partial charge in [-0.1, -0.05) is 13.3 Å². The Balaban J connectivity index is 4.63. The molecule has 0 aromatic heterocycles. The number of methoxy groups -OCH3 is 1. The van der Waals surface area contributed by atoms with Crippen molar-refractivity contribution >= 4 is 5.91 Å². The zero-order valence-electron chi connectivity index (χ0n) is 11.2. The normalized spacial score (nSPS) is 16.6. The summed E-state index contributed by atoms with van der Waals surface area (Å²) in [6.07, 6.45) is 1.62. The minimum atomic E-state index is -0.757. The van der Waals surface area contributed by atoms with E-state index in [2.05, 4.69) is 0 Å². The topological polar surface area (TPSA) is 55.6 Å². The van der Waals surface area contributed by atoms with Gasteiger partial charge in [0.25, 0.3) is 0 Å². The molecule has 0 bridgehead atoms. The van der Waals surface area contributed by atoms with Crippen molar-refractivity contribution in [2.75, 3.05) is 20.3 Å². The highest BCUT2D eigenvalue weighted by molar-refractivity contribution is 5.85.